The van der Waals surface area contributed by atoms with Gasteiger partial charge < -0.3 is 5.32 Å². The highest BCUT2D eigenvalue weighted by molar-refractivity contribution is 5.80. The standard InChI is InChI=1S/C9H13N3/c1-9(2)4-7-10-5-3-6-11-8-12-9/h3-8,10H,1-2H3/b5-3-,7-4-,11-6?,12-8?. The van der Waals surface area contributed by atoms with Crippen LogP contribution in [0.25, 0.3) is 0 Å². The maximum absolute atomic E-state index is 4.23. The van der Waals surface area contributed by atoms with Crippen LogP contribution in [0.5, 0.6) is 0 Å². The summed E-state index contributed by atoms with van der Waals surface area (Å²) >= 11 is 0. The van der Waals surface area contributed by atoms with Crippen LogP contribution in [-0.4, -0.2) is 18.1 Å². The number of rotatable bonds is 0. The predicted octanol–water partition coefficient (Wildman–Crippen LogP) is 1.49. The number of nitrogens with one attached hydrogen (secondary N) is 1. The van der Waals surface area contributed by atoms with Crippen LogP contribution in [-0.2, 0) is 0 Å². The van der Waals surface area contributed by atoms with Crippen LogP contribution in [0, 0.1) is 0 Å². The van der Waals surface area contributed by atoms with Crippen molar-refractivity contribution in [3.8, 4) is 0 Å². The highest BCUT2D eigenvalue weighted by atomic mass is 14.9. The molecule has 0 fully saturated rings. The Morgan fingerprint density at radius 3 is 2.92 bits per heavy atom. The number of nitrogens with zero attached hydrogens (tertiary/aromatic N) is 2. The average molecular weight is 163 g/mol. The van der Waals surface area contributed by atoms with E-state index in [4.69, 9.17) is 0 Å². The third-order valence-corrected chi connectivity index (χ3v) is 1.41. The molecule has 3 nitrogen and oxygen atoms in total. The molecule has 0 amide bonds. The van der Waals surface area contributed by atoms with E-state index in [1.165, 1.54) is 0 Å². The first-order valence-electron chi connectivity index (χ1n) is 3.86. The first kappa shape index (κ1) is 8.71. The van der Waals surface area contributed by atoms with Gasteiger partial charge >= 0.3 is 0 Å². The van der Waals surface area contributed by atoms with E-state index >= 15 is 0 Å². The largest absolute Gasteiger partial charge is 0.368 e. The normalized spacial score (nSPS) is 25.8. The lowest BCUT2D eigenvalue weighted by Gasteiger charge is -2.12. The third kappa shape index (κ3) is 3.14. The minimum atomic E-state index is -0.185. The number of allylic oxidation sites excluding steroid dienone is 1. The zero-order valence-corrected chi connectivity index (χ0v) is 7.36. The Kier molecular flexibility index (Phi) is 2.80. The van der Waals surface area contributed by atoms with Crippen LogP contribution in [0.2, 0.25) is 0 Å². The summed E-state index contributed by atoms with van der Waals surface area (Å²) < 4.78 is 0. The van der Waals surface area contributed by atoms with Crippen LogP contribution in [0.1, 0.15) is 13.8 Å². The average Bonchev–Trinajstić information content (AvgIpc) is 2.02. The maximum Gasteiger partial charge on any atom is 0.110 e. The summed E-state index contributed by atoms with van der Waals surface area (Å²) in [6.45, 7) is 4.03. The fraction of sp³-hybridized carbons (Fsp3) is 0.333. The maximum atomic E-state index is 4.23. The van der Waals surface area contributed by atoms with Crippen LogP contribution in [0.4, 0.5) is 0 Å². The van der Waals surface area contributed by atoms with Crippen molar-refractivity contribution in [3.63, 3.8) is 0 Å². The first-order valence-corrected chi connectivity index (χ1v) is 3.86. The molecule has 0 bridgehead atoms. The van der Waals surface area contributed by atoms with Crippen molar-refractivity contribution in [2.45, 2.75) is 19.4 Å². The Labute approximate surface area is 72.6 Å². The molecule has 1 aliphatic rings. The molecular formula is C9H13N3. The lowest BCUT2D eigenvalue weighted by atomic mass is 10.1. The summed E-state index contributed by atoms with van der Waals surface area (Å²) in [6, 6.07) is 0. The van der Waals surface area contributed by atoms with Crippen molar-refractivity contribution in [1.29, 1.82) is 0 Å². The van der Waals surface area contributed by atoms with Gasteiger partial charge in [-0.15, -0.1) is 0 Å². The van der Waals surface area contributed by atoms with Crippen LogP contribution >= 0.6 is 0 Å². The lowest BCUT2D eigenvalue weighted by Crippen LogP contribution is -2.13. The molecule has 0 saturated carbocycles. The molecule has 0 aliphatic carbocycles. The van der Waals surface area contributed by atoms with E-state index in [1.807, 2.05) is 38.4 Å². The zero-order chi connectivity index (χ0) is 8.86. The fourth-order valence-electron chi connectivity index (χ4n) is 0.720. The van der Waals surface area contributed by atoms with Gasteiger partial charge in [-0.1, -0.05) is 0 Å². The quantitative estimate of drug-likeness (QED) is 0.577. The van der Waals surface area contributed by atoms with Gasteiger partial charge in [0.15, 0.2) is 0 Å². The zero-order valence-electron chi connectivity index (χ0n) is 7.36. The van der Waals surface area contributed by atoms with Crippen molar-refractivity contribution in [3.05, 3.63) is 24.6 Å². The molecule has 1 aliphatic heterocycles. The van der Waals surface area contributed by atoms with E-state index in [2.05, 4.69) is 15.3 Å². The molecule has 12 heavy (non-hydrogen) atoms. The molecule has 3 heteroatoms. The number of hydrogen-bond donors (Lipinski definition) is 1. The van der Waals surface area contributed by atoms with Crippen molar-refractivity contribution in [2.24, 2.45) is 9.98 Å². The van der Waals surface area contributed by atoms with Gasteiger partial charge in [0, 0.05) is 12.4 Å². The Balaban J connectivity index is 2.77. The molecule has 0 spiro atoms. The molecule has 1 heterocycles. The van der Waals surface area contributed by atoms with E-state index in [-0.39, 0.29) is 5.54 Å². The van der Waals surface area contributed by atoms with Crippen molar-refractivity contribution >= 4 is 12.6 Å². The summed E-state index contributed by atoms with van der Waals surface area (Å²) in [5, 5.41) is 2.98. The van der Waals surface area contributed by atoms with E-state index in [0.29, 0.717) is 0 Å². The van der Waals surface area contributed by atoms with Gasteiger partial charge in [-0.05, 0) is 32.2 Å². The van der Waals surface area contributed by atoms with Gasteiger partial charge in [0.2, 0.25) is 0 Å². The second-order valence-corrected chi connectivity index (χ2v) is 3.06. The molecule has 0 aromatic carbocycles. The Morgan fingerprint density at radius 2 is 2.08 bits per heavy atom. The van der Waals surface area contributed by atoms with Gasteiger partial charge in [-0.25, -0.2) is 4.99 Å². The molecule has 0 aromatic rings. The first-order chi connectivity index (χ1) is 5.71. The van der Waals surface area contributed by atoms with Gasteiger partial charge in [0.1, 0.15) is 6.34 Å². The summed E-state index contributed by atoms with van der Waals surface area (Å²) in [7, 11) is 0. The van der Waals surface area contributed by atoms with E-state index < -0.39 is 0 Å². The number of aliphatic imine (C=N–C) groups is 2. The summed E-state index contributed by atoms with van der Waals surface area (Å²) in [4.78, 5) is 8.18. The Hall–Kier alpha value is -1.38. The highest BCUT2D eigenvalue weighted by Crippen LogP contribution is 2.09. The van der Waals surface area contributed by atoms with Crippen molar-refractivity contribution in [1.82, 2.24) is 5.32 Å². The van der Waals surface area contributed by atoms with Crippen LogP contribution in [0.15, 0.2) is 34.5 Å². The van der Waals surface area contributed by atoms with Crippen molar-refractivity contribution in [2.75, 3.05) is 0 Å². The van der Waals surface area contributed by atoms with E-state index in [1.54, 1.807) is 12.6 Å². The molecule has 0 unspecified atom stereocenters. The minimum absolute atomic E-state index is 0.185. The summed E-state index contributed by atoms with van der Waals surface area (Å²) in [6.07, 6.45) is 10.7. The monoisotopic (exact) mass is 163 g/mol. The lowest BCUT2D eigenvalue weighted by molar-refractivity contribution is 0.656. The molecule has 0 aromatic heterocycles. The molecule has 0 radical (unpaired) electrons. The van der Waals surface area contributed by atoms with Crippen molar-refractivity contribution < 1.29 is 0 Å². The second-order valence-electron chi connectivity index (χ2n) is 3.06. The van der Waals surface area contributed by atoms with Crippen LogP contribution in [0.3, 0.4) is 0 Å². The molecule has 0 saturated heterocycles. The van der Waals surface area contributed by atoms with Gasteiger partial charge in [-0.3, -0.25) is 4.99 Å². The topological polar surface area (TPSA) is 36.8 Å². The fourth-order valence-corrected chi connectivity index (χ4v) is 0.720. The molecule has 1 N–H and O–H groups in total. The predicted molar refractivity (Wildman–Crippen MR) is 52.5 cm³/mol. The Morgan fingerprint density at radius 1 is 1.25 bits per heavy atom. The third-order valence-electron chi connectivity index (χ3n) is 1.41. The molecule has 64 valence electrons. The van der Waals surface area contributed by atoms with Gasteiger partial charge in [-0.2, -0.15) is 0 Å². The second kappa shape index (κ2) is 3.85. The highest BCUT2D eigenvalue weighted by Gasteiger charge is 2.08. The summed E-state index contributed by atoms with van der Waals surface area (Å²) in [5.74, 6) is 0. The van der Waals surface area contributed by atoms with E-state index in [9.17, 15) is 0 Å². The minimum Gasteiger partial charge on any atom is -0.368 e. The molecule has 0 atom stereocenters. The smallest absolute Gasteiger partial charge is 0.110 e. The Bertz CT molecular complexity index is 246. The van der Waals surface area contributed by atoms with Gasteiger partial charge in [0.05, 0.1) is 5.54 Å². The van der Waals surface area contributed by atoms with Crippen LogP contribution < -0.4 is 5.32 Å². The van der Waals surface area contributed by atoms with Gasteiger partial charge in [0.25, 0.3) is 0 Å². The number of hydrogen-bond acceptors (Lipinski definition) is 3. The summed E-state index contributed by atoms with van der Waals surface area (Å²) in [5.41, 5.74) is -0.185. The molecule has 1 rings (SSSR count). The molecular weight excluding hydrogens is 150 g/mol. The van der Waals surface area contributed by atoms with E-state index in [0.717, 1.165) is 0 Å². The SMILES string of the molecule is CC1(C)/C=C\N/C=C\C=NC=N1.